The summed E-state index contributed by atoms with van der Waals surface area (Å²) in [5.74, 6) is 0.238. The minimum absolute atomic E-state index is 0.218. The Hall–Kier alpha value is -0.290. The molecule has 2 aliphatic rings. The van der Waals surface area contributed by atoms with Gasteiger partial charge in [-0.3, -0.25) is 13.9 Å². The van der Waals surface area contributed by atoms with Crippen LogP contribution >= 0.6 is 11.6 Å². The summed E-state index contributed by atoms with van der Waals surface area (Å²) < 4.78 is 17.5. The van der Waals surface area contributed by atoms with Gasteiger partial charge in [0.2, 0.25) is 5.91 Å². The zero-order chi connectivity index (χ0) is 21.2. The molecule has 0 spiro atoms. The molecule has 2 rings (SSSR count). The van der Waals surface area contributed by atoms with Crippen molar-refractivity contribution >= 4 is 28.3 Å². The van der Waals surface area contributed by atoms with Crippen molar-refractivity contribution < 1.29 is 29.1 Å². The number of likely N-dealkylation sites (tertiary alicyclic amines) is 1. The first-order valence-corrected chi connectivity index (χ1v) is 11.8. The molecule has 0 saturated carbocycles. The Bertz CT molecular complexity index is 568. The number of rotatable bonds is 7. The molecule has 8 nitrogen and oxygen atoms in total. The highest BCUT2D eigenvalue weighted by Crippen LogP contribution is 2.29. The minimum atomic E-state index is -1.60. The fourth-order valence-electron chi connectivity index (χ4n) is 4.19. The van der Waals surface area contributed by atoms with E-state index in [9.17, 15) is 24.3 Å². The van der Waals surface area contributed by atoms with E-state index in [1.54, 1.807) is 6.92 Å². The number of ether oxygens (including phenoxy) is 1. The Morgan fingerprint density at radius 3 is 2.50 bits per heavy atom. The Morgan fingerprint density at radius 2 is 1.96 bits per heavy atom. The summed E-state index contributed by atoms with van der Waals surface area (Å²) in [6.45, 7) is 4.61. The predicted octanol–water partition coefficient (Wildman–Crippen LogP) is -0.595. The Morgan fingerprint density at radius 1 is 1.32 bits per heavy atom. The van der Waals surface area contributed by atoms with Crippen LogP contribution in [-0.4, -0.2) is 97.5 Å². The van der Waals surface area contributed by atoms with Crippen LogP contribution in [0, 0.1) is 5.92 Å². The van der Waals surface area contributed by atoms with Crippen LogP contribution in [0.4, 0.5) is 0 Å². The van der Waals surface area contributed by atoms with Gasteiger partial charge >= 0.3 is 0 Å². The minimum Gasteiger partial charge on any atom is -0.388 e. The maximum absolute atomic E-state index is 12.9. The third-order valence-electron chi connectivity index (χ3n) is 5.73. The van der Waals surface area contributed by atoms with E-state index < -0.39 is 52.1 Å². The first-order valence-electron chi connectivity index (χ1n) is 9.75. The summed E-state index contributed by atoms with van der Waals surface area (Å²) in [6, 6.07) is -1.13. The number of likely N-dealkylation sites (N-methyl/N-ethyl adjacent to an activating group) is 1. The van der Waals surface area contributed by atoms with Crippen molar-refractivity contribution in [2.45, 2.75) is 80.4 Å². The molecule has 1 amide bonds. The maximum Gasteiger partial charge on any atom is 0.237 e. The molecule has 2 aliphatic heterocycles. The second kappa shape index (κ2) is 10.1. The van der Waals surface area contributed by atoms with E-state index in [-0.39, 0.29) is 11.9 Å². The number of nitrogens with one attached hydrogen (secondary N) is 1. The van der Waals surface area contributed by atoms with E-state index in [4.69, 9.17) is 16.3 Å². The zero-order valence-electron chi connectivity index (χ0n) is 16.8. The van der Waals surface area contributed by atoms with Crippen LogP contribution in [0.2, 0.25) is 0 Å². The van der Waals surface area contributed by atoms with Gasteiger partial charge in [0.25, 0.3) is 0 Å². The highest BCUT2D eigenvalue weighted by molar-refractivity contribution is 7.84. The lowest BCUT2D eigenvalue weighted by Gasteiger charge is -2.43. The van der Waals surface area contributed by atoms with Crippen LogP contribution in [0.3, 0.4) is 0 Å². The van der Waals surface area contributed by atoms with E-state index in [2.05, 4.69) is 12.2 Å². The number of hydrogen-bond donors (Lipinski definition) is 4. The molecule has 6 unspecified atom stereocenters. The van der Waals surface area contributed by atoms with Gasteiger partial charge in [0.15, 0.2) is 5.44 Å². The summed E-state index contributed by atoms with van der Waals surface area (Å²) in [5.41, 5.74) is -1.18. The van der Waals surface area contributed by atoms with Crippen molar-refractivity contribution in [1.29, 1.82) is 0 Å². The molecular formula is C18H33ClN2O6S. The van der Waals surface area contributed by atoms with E-state index in [1.165, 1.54) is 6.26 Å². The second-order valence-corrected chi connectivity index (χ2v) is 10.1. The molecule has 164 valence electrons. The molecule has 0 aromatic heterocycles. The Balaban J connectivity index is 2.14. The molecule has 4 N–H and O–H groups in total. The SMILES string of the molecule is CCCC1C[C@H](C(=O)NC(C(C)Cl)C2O[C@H](S(C)=O)C(O)[C@H](O)[C@H]2O)N(C)C1. The summed E-state index contributed by atoms with van der Waals surface area (Å²) in [4.78, 5) is 14.9. The quantitative estimate of drug-likeness (QED) is 0.390. The normalized spacial score (nSPS) is 40.1. The maximum atomic E-state index is 12.9. The van der Waals surface area contributed by atoms with Crippen molar-refractivity contribution in [2.75, 3.05) is 19.8 Å². The van der Waals surface area contributed by atoms with Crippen LogP contribution in [0.15, 0.2) is 0 Å². The van der Waals surface area contributed by atoms with Gasteiger partial charge in [0.05, 0.1) is 28.3 Å². The predicted molar refractivity (Wildman–Crippen MR) is 107 cm³/mol. The summed E-state index contributed by atoms with van der Waals surface area (Å²) in [7, 11) is 0.301. The lowest BCUT2D eigenvalue weighted by atomic mass is 9.92. The number of halogens is 1. The van der Waals surface area contributed by atoms with Gasteiger partial charge in [-0.15, -0.1) is 11.6 Å². The number of amides is 1. The van der Waals surface area contributed by atoms with Gasteiger partial charge < -0.3 is 25.4 Å². The number of nitrogens with zero attached hydrogens (tertiary/aromatic N) is 1. The molecule has 2 saturated heterocycles. The molecule has 0 aromatic rings. The van der Waals surface area contributed by atoms with Crippen LogP contribution in [-0.2, 0) is 20.3 Å². The fraction of sp³-hybridized carbons (Fsp3) is 0.944. The Labute approximate surface area is 174 Å². The molecular weight excluding hydrogens is 408 g/mol. The first kappa shape index (κ1) is 24.0. The zero-order valence-corrected chi connectivity index (χ0v) is 18.4. The third-order valence-corrected chi connectivity index (χ3v) is 7.04. The lowest BCUT2D eigenvalue weighted by molar-refractivity contribution is -0.206. The highest BCUT2D eigenvalue weighted by Gasteiger charge is 2.49. The largest absolute Gasteiger partial charge is 0.388 e. The van der Waals surface area contributed by atoms with E-state index in [0.29, 0.717) is 5.92 Å². The number of carbonyl (C=O) groups is 1. The number of hydrogen-bond acceptors (Lipinski definition) is 7. The standard InChI is InChI=1S/C18H33ClN2O6S/c1-5-6-10-7-11(21(3)8-10)17(25)20-12(9(2)19)16-14(23)13(22)15(24)18(27-16)28(4)26/h9-16,18,22-24H,5-8H2,1-4H3,(H,20,25)/t9?,10?,11-,12?,13-,14-,15?,16?,18-,28?/m1/s1. The van der Waals surface area contributed by atoms with E-state index in [0.717, 1.165) is 25.8 Å². The fourth-order valence-corrected chi connectivity index (χ4v) is 5.24. The molecule has 28 heavy (non-hydrogen) atoms. The van der Waals surface area contributed by atoms with Crippen molar-refractivity contribution in [3.8, 4) is 0 Å². The average Bonchev–Trinajstić information content (AvgIpc) is 2.98. The Kier molecular flexibility index (Phi) is 8.69. The van der Waals surface area contributed by atoms with E-state index >= 15 is 0 Å². The van der Waals surface area contributed by atoms with Gasteiger partial charge in [-0.1, -0.05) is 13.3 Å². The molecule has 0 aromatic carbocycles. The summed E-state index contributed by atoms with van der Waals surface area (Å²) in [5, 5.41) is 32.8. The molecule has 0 bridgehead atoms. The molecule has 2 heterocycles. The summed E-state index contributed by atoms with van der Waals surface area (Å²) >= 11 is 6.28. The van der Waals surface area contributed by atoms with Crippen LogP contribution < -0.4 is 5.32 Å². The van der Waals surface area contributed by atoms with Crippen LogP contribution in [0.1, 0.15) is 33.1 Å². The van der Waals surface area contributed by atoms with Crippen molar-refractivity contribution in [2.24, 2.45) is 5.92 Å². The number of aliphatic hydroxyl groups is 3. The van der Waals surface area contributed by atoms with Crippen LogP contribution in [0.25, 0.3) is 0 Å². The third kappa shape index (κ3) is 5.24. The first-order chi connectivity index (χ1) is 13.1. The second-order valence-electron chi connectivity index (χ2n) is 8.00. The topological polar surface area (TPSA) is 119 Å². The van der Waals surface area contributed by atoms with Gasteiger partial charge in [0.1, 0.15) is 24.4 Å². The van der Waals surface area contributed by atoms with E-state index in [1.807, 2.05) is 11.9 Å². The molecule has 2 fully saturated rings. The number of alkyl halides is 1. The molecule has 10 heteroatoms. The van der Waals surface area contributed by atoms with Gasteiger partial charge in [-0.25, -0.2) is 0 Å². The lowest BCUT2D eigenvalue weighted by Crippen LogP contribution is -2.66. The molecule has 0 radical (unpaired) electrons. The molecule has 10 atom stereocenters. The number of carbonyl (C=O) groups excluding carboxylic acids is 1. The van der Waals surface area contributed by atoms with Gasteiger partial charge in [0, 0.05) is 12.8 Å². The monoisotopic (exact) mass is 440 g/mol. The molecule has 0 aliphatic carbocycles. The van der Waals surface area contributed by atoms with Crippen molar-refractivity contribution in [1.82, 2.24) is 10.2 Å². The van der Waals surface area contributed by atoms with Gasteiger partial charge in [-0.2, -0.15) is 0 Å². The van der Waals surface area contributed by atoms with Crippen molar-refractivity contribution in [3.63, 3.8) is 0 Å². The van der Waals surface area contributed by atoms with Crippen molar-refractivity contribution in [3.05, 3.63) is 0 Å². The average molecular weight is 441 g/mol. The van der Waals surface area contributed by atoms with Gasteiger partial charge in [-0.05, 0) is 32.7 Å². The smallest absolute Gasteiger partial charge is 0.237 e. The number of aliphatic hydroxyl groups excluding tert-OH is 3. The van der Waals surface area contributed by atoms with Crippen LogP contribution in [0.5, 0.6) is 0 Å². The highest BCUT2D eigenvalue weighted by atomic mass is 35.5. The summed E-state index contributed by atoms with van der Waals surface area (Å²) in [6.07, 6.45) is -1.41.